The second kappa shape index (κ2) is 8.84. The maximum absolute atomic E-state index is 12.6. The van der Waals surface area contributed by atoms with E-state index in [9.17, 15) is 13.2 Å². The van der Waals surface area contributed by atoms with Crippen molar-refractivity contribution in [3.8, 4) is 0 Å². The molecule has 0 spiro atoms. The van der Waals surface area contributed by atoms with E-state index in [-0.39, 0.29) is 5.92 Å². The average Bonchev–Trinajstić information content (AvgIpc) is 2.60. The molecule has 138 valence electrons. The van der Waals surface area contributed by atoms with Crippen LogP contribution in [-0.4, -0.2) is 5.71 Å². The van der Waals surface area contributed by atoms with E-state index in [4.69, 9.17) is 0 Å². The summed E-state index contributed by atoms with van der Waals surface area (Å²) in [4.78, 5) is 4.56. The van der Waals surface area contributed by atoms with Gasteiger partial charge in [0.1, 0.15) is 0 Å². The first-order valence-electron chi connectivity index (χ1n) is 8.68. The molecule has 0 saturated carbocycles. The molecule has 1 atom stereocenters. The lowest BCUT2D eigenvalue weighted by atomic mass is 9.98. The molecule has 0 fully saturated rings. The Morgan fingerprint density at radius 1 is 1.00 bits per heavy atom. The predicted molar refractivity (Wildman–Crippen MR) is 101 cm³/mol. The number of alkyl halides is 3. The first-order chi connectivity index (χ1) is 12.3. The molecule has 0 N–H and O–H groups in total. The van der Waals surface area contributed by atoms with E-state index in [0.29, 0.717) is 6.42 Å². The molecule has 0 heterocycles. The number of nitrogens with zero attached hydrogens (tertiary/aromatic N) is 1. The number of aryl methyl sites for hydroxylation is 1. The molecule has 1 unspecified atom stereocenters. The molecule has 2 rings (SSSR count). The lowest BCUT2D eigenvalue weighted by Gasteiger charge is -2.12. The second-order valence-corrected chi connectivity index (χ2v) is 6.64. The van der Waals surface area contributed by atoms with Crippen LogP contribution in [0.5, 0.6) is 0 Å². The predicted octanol–water partition coefficient (Wildman–Crippen LogP) is 6.49. The highest BCUT2D eigenvalue weighted by Gasteiger charge is 2.29. The van der Waals surface area contributed by atoms with E-state index >= 15 is 0 Å². The molecule has 2 aromatic carbocycles. The van der Waals surface area contributed by atoms with Crippen LogP contribution in [0, 0.1) is 5.92 Å². The summed E-state index contributed by atoms with van der Waals surface area (Å²) in [6.45, 7) is 8.04. The third-order valence-corrected chi connectivity index (χ3v) is 4.35. The van der Waals surface area contributed by atoms with E-state index in [0.717, 1.165) is 41.9 Å². The molecule has 0 saturated heterocycles. The first kappa shape index (κ1) is 20.0. The van der Waals surface area contributed by atoms with Gasteiger partial charge in [-0.05, 0) is 48.9 Å². The monoisotopic (exact) mass is 359 g/mol. The Bertz CT molecular complexity index is 743. The Labute approximate surface area is 153 Å². The smallest absolute Gasteiger partial charge is 0.263 e. The van der Waals surface area contributed by atoms with Crippen LogP contribution in [0.4, 0.5) is 13.2 Å². The van der Waals surface area contributed by atoms with Gasteiger partial charge in [0.25, 0.3) is 0 Å². The Kier molecular flexibility index (Phi) is 6.78. The van der Waals surface area contributed by atoms with Gasteiger partial charge < -0.3 is 0 Å². The quantitative estimate of drug-likeness (QED) is 0.501. The van der Waals surface area contributed by atoms with E-state index in [1.54, 1.807) is 0 Å². The normalized spacial score (nSPS) is 13.5. The number of rotatable bonds is 7. The molecule has 0 radical (unpaired) electrons. The van der Waals surface area contributed by atoms with Crippen molar-refractivity contribution in [2.45, 2.75) is 39.3 Å². The summed E-state index contributed by atoms with van der Waals surface area (Å²) >= 11 is 0. The van der Waals surface area contributed by atoms with Crippen molar-refractivity contribution in [3.05, 3.63) is 83.6 Å². The van der Waals surface area contributed by atoms with Gasteiger partial charge >= 0.3 is 6.18 Å². The number of hydrogen-bond acceptors (Lipinski definition) is 1. The highest BCUT2D eigenvalue weighted by Crippen LogP contribution is 2.29. The molecule has 0 amide bonds. The Morgan fingerprint density at radius 3 is 2.19 bits per heavy atom. The zero-order valence-electron chi connectivity index (χ0n) is 15.2. The van der Waals surface area contributed by atoms with Crippen LogP contribution in [0.3, 0.4) is 0 Å². The molecule has 0 aliphatic rings. The van der Waals surface area contributed by atoms with E-state index in [1.807, 2.05) is 25.1 Å². The highest BCUT2D eigenvalue weighted by atomic mass is 19.4. The fourth-order valence-electron chi connectivity index (χ4n) is 2.70. The summed E-state index contributed by atoms with van der Waals surface area (Å²) in [5.41, 5.74) is 3.13. The average molecular weight is 359 g/mol. The van der Waals surface area contributed by atoms with Crippen LogP contribution in [-0.2, 0) is 19.0 Å². The van der Waals surface area contributed by atoms with Gasteiger partial charge in [0, 0.05) is 17.8 Å². The summed E-state index contributed by atoms with van der Waals surface area (Å²) in [7, 11) is 0. The molecule has 0 aliphatic carbocycles. The maximum atomic E-state index is 12.6. The topological polar surface area (TPSA) is 12.4 Å². The van der Waals surface area contributed by atoms with E-state index in [1.165, 1.54) is 17.7 Å². The fourth-order valence-corrected chi connectivity index (χ4v) is 2.70. The lowest BCUT2D eigenvalue weighted by molar-refractivity contribution is -0.137. The van der Waals surface area contributed by atoms with Crippen LogP contribution >= 0.6 is 0 Å². The Hall–Kier alpha value is -2.36. The van der Waals surface area contributed by atoms with Crippen molar-refractivity contribution in [1.29, 1.82) is 0 Å². The number of benzene rings is 2. The summed E-state index contributed by atoms with van der Waals surface area (Å²) in [5.74, 6) is 0.248. The fraction of sp³-hybridized carbons (Fsp3) is 0.318. The van der Waals surface area contributed by atoms with Gasteiger partial charge in [-0.25, -0.2) is 0 Å². The third-order valence-electron chi connectivity index (χ3n) is 4.35. The molecule has 0 aromatic heterocycles. The van der Waals surface area contributed by atoms with Gasteiger partial charge in [-0.1, -0.05) is 56.0 Å². The minimum Gasteiger partial charge on any atom is -0.263 e. The molecular weight excluding hydrogens is 335 g/mol. The molecular formula is C22H24F3N. The van der Waals surface area contributed by atoms with Gasteiger partial charge in [-0.15, -0.1) is 0 Å². The first-order valence-corrected chi connectivity index (χ1v) is 8.68. The van der Waals surface area contributed by atoms with Gasteiger partial charge in [0.15, 0.2) is 0 Å². The van der Waals surface area contributed by atoms with Gasteiger partial charge in [-0.2, -0.15) is 13.2 Å². The van der Waals surface area contributed by atoms with Crippen molar-refractivity contribution in [3.63, 3.8) is 0 Å². The Balaban J connectivity index is 1.90. The summed E-state index contributed by atoms with van der Waals surface area (Å²) < 4.78 is 37.8. The minimum absolute atomic E-state index is 0.248. The van der Waals surface area contributed by atoms with Crippen molar-refractivity contribution >= 4 is 5.71 Å². The van der Waals surface area contributed by atoms with Crippen molar-refractivity contribution < 1.29 is 13.2 Å². The SMILES string of the molecule is C=C(N=C(C)Cc1ccc(C(F)(F)F)cc1)C(C)CCc1ccccc1. The third kappa shape index (κ3) is 6.17. The van der Waals surface area contributed by atoms with Crippen molar-refractivity contribution in [1.82, 2.24) is 0 Å². The van der Waals surface area contributed by atoms with E-state index in [2.05, 4.69) is 30.6 Å². The van der Waals surface area contributed by atoms with Crippen LogP contribution in [0.2, 0.25) is 0 Å². The lowest BCUT2D eigenvalue weighted by Crippen LogP contribution is -2.06. The van der Waals surface area contributed by atoms with Crippen LogP contribution in [0.25, 0.3) is 0 Å². The van der Waals surface area contributed by atoms with Gasteiger partial charge in [0.05, 0.1) is 5.56 Å². The number of aliphatic imine (C=N–C) groups is 1. The number of hydrogen-bond donors (Lipinski definition) is 0. The molecule has 0 aliphatic heterocycles. The Morgan fingerprint density at radius 2 is 1.62 bits per heavy atom. The van der Waals surface area contributed by atoms with Crippen LogP contribution in [0.1, 0.15) is 37.0 Å². The van der Waals surface area contributed by atoms with E-state index < -0.39 is 11.7 Å². The standard InChI is InChI=1S/C22H24F3N/c1-16(9-10-19-7-5-4-6-8-19)18(3)26-17(2)15-20-11-13-21(14-12-20)22(23,24)25/h4-8,11-14,16H,3,9-10,15H2,1-2H3. The zero-order valence-corrected chi connectivity index (χ0v) is 15.2. The molecule has 4 heteroatoms. The number of halogens is 3. The maximum Gasteiger partial charge on any atom is 0.416 e. The zero-order chi connectivity index (χ0) is 19.2. The molecule has 2 aromatic rings. The largest absolute Gasteiger partial charge is 0.416 e. The van der Waals surface area contributed by atoms with Crippen molar-refractivity contribution in [2.75, 3.05) is 0 Å². The molecule has 1 nitrogen and oxygen atoms in total. The summed E-state index contributed by atoms with van der Waals surface area (Å²) in [5, 5.41) is 0. The van der Waals surface area contributed by atoms with Gasteiger partial charge in [0.2, 0.25) is 0 Å². The molecule has 26 heavy (non-hydrogen) atoms. The van der Waals surface area contributed by atoms with Gasteiger partial charge in [-0.3, -0.25) is 4.99 Å². The van der Waals surface area contributed by atoms with Crippen LogP contribution < -0.4 is 0 Å². The second-order valence-electron chi connectivity index (χ2n) is 6.64. The number of allylic oxidation sites excluding steroid dienone is 1. The minimum atomic E-state index is -4.30. The summed E-state index contributed by atoms with van der Waals surface area (Å²) in [6.07, 6.45) is -1.86. The van der Waals surface area contributed by atoms with Crippen molar-refractivity contribution in [2.24, 2.45) is 10.9 Å². The summed E-state index contributed by atoms with van der Waals surface area (Å²) in [6, 6.07) is 15.5. The highest BCUT2D eigenvalue weighted by molar-refractivity contribution is 5.85. The van der Waals surface area contributed by atoms with Crippen LogP contribution in [0.15, 0.2) is 71.9 Å². The molecule has 0 bridgehead atoms.